The van der Waals surface area contributed by atoms with E-state index < -0.39 is 42.4 Å². The monoisotopic (exact) mass is 448 g/mol. The number of hydrogen-bond donors (Lipinski definition) is 2. The topological polar surface area (TPSA) is 87.3 Å². The quantitative estimate of drug-likeness (QED) is 0.502. The number of allylic oxidation sites excluding steroid dienone is 1. The molecule has 168 valence electrons. The van der Waals surface area contributed by atoms with Crippen LogP contribution in [0.3, 0.4) is 0 Å². The number of fused-ring (bicyclic) bond motifs is 1. The minimum Gasteiger partial charge on any atom is -0.463 e. The van der Waals surface area contributed by atoms with E-state index in [1.807, 2.05) is 44.2 Å². The first-order chi connectivity index (χ1) is 14.8. The Balaban J connectivity index is 1.63. The number of nitrogens with one attached hydrogen (secondary N) is 2. The van der Waals surface area contributed by atoms with Gasteiger partial charge in [-0.15, -0.1) is 0 Å². The first-order valence-corrected chi connectivity index (χ1v) is 10.8. The van der Waals surface area contributed by atoms with Crippen LogP contribution in [0.15, 0.2) is 41.6 Å². The van der Waals surface area contributed by atoms with Gasteiger partial charge in [0.1, 0.15) is 18.3 Å². The van der Waals surface area contributed by atoms with Gasteiger partial charge in [-0.1, -0.05) is 30.3 Å². The SMILES string of the molecule is CCOC(=O)C1=C(C)NC(=S)N[C@H]1[C@H]1O[C@@H]2OC(C)(C)O[C@@H]2[C@@H]1OCc1ccccc1. The number of ether oxygens (including phenoxy) is 5. The molecule has 1 aromatic carbocycles. The molecule has 3 heterocycles. The van der Waals surface area contributed by atoms with E-state index >= 15 is 0 Å². The van der Waals surface area contributed by atoms with Crippen LogP contribution in [0.1, 0.15) is 33.3 Å². The van der Waals surface area contributed by atoms with Gasteiger partial charge in [-0.2, -0.15) is 0 Å². The van der Waals surface area contributed by atoms with Gasteiger partial charge in [-0.25, -0.2) is 4.79 Å². The van der Waals surface area contributed by atoms with Crippen molar-refractivity contribution in [1.29, 1.82) is 0 Å². The van der Waals surface area contributed by atoms with E-state index in [0.717, 1.165) is 5.56 Å². The third-order valence-electron chi connectivity index (χ3n) is 5.44. The maximum atomic E-state index is 12.8. The summed E-state index contributed by atoms with van der Waals surface area (Å²) in [7, 11) is 0. The predicted octanol–water partition coefficient (Wildman–Crippen LogP) is 2.13. The maximum absolute atomic E-state index is 12.8. The van der Waals surface area contributed by atoms with E-state index in [4.69, 9.17) is 35.9 Å². The summed E-state index contributed by atoms with van der Waals surface area (Å²) >= 11 is 5.35. The summed E-state index contributed by atoms with van der Waals surface area (Å²) in [6.07, 6.45) is -2.14. The normalized spacial score (nSPS) is 31.7. The summed E-state index contributed by atoms with van der Waals surface area (Å²) in [6, 6.07) is 9.28. The summed E-state index contributed by atoms with van der Waals surface area (Å²) in [5.74, 6) is -1.22. The third-order valence-corrected chi connectivity index (χ3v) is 5.66. The molecule has 0 spiro atoms. The van der Waals surface area contributed by atoms with Gasteiger partial charge in [0.15, 0.2) is 17.2 Å². The molecule has 0 aromatic heterocycles. The summed E-state index contributed by atoms with van der Waals surface area (Å²) in [5, 5.41) is 6.56. The van der Waals surface area contributed by atoms with Crippen LogP contribution in [0.4, 0.5) is 0 Å². The Morgan fingerprint density at radius 2 is 1.94 bits per heavy atom. The minimum atomic E-state index is -0.790. The zero-order chi connectivity index (χ0) is 22.2. The largest absolute Gasteiger partial charge is 0.463 e. The van der Waals surface area contributed by atoms with Crippen LogP contribution in [-0.2, 0) is 35.1 Å². The molecule has 8 nitrogen and oxygen atoms in total. The number of carbonyl (C=O) groups excluding carboxylic acids is 1. The van der Waals surface area contributed by atoms with E-state index in [-0.39, 0.29) is 6.61 Å². The molecule has 0 unspecified atom stereocenters. The van der Waals surface area contributed by atoms with E-state index in [1.54, 1.807) is 13.8 Å². The predicted molar refractivity (Wildman–Crippen MR) is 116 cm³/mol. The van der Waals surface area contributed by atoms with Gasteiger partial charge in [-0.3, -0.25) is 0 Å². The van der Waals surface area contributed by atoms with Crippen molar-refractivity contribution in [3.05, 3.63) is 47.2 Å². The van der Waals surface area contributed by atoms with Crippen molar-refractivity contribution >= 4 is 23.3 Å². The van der Waals surface area contributed by atoms with Crippen LogP contribution in [-0.4, -0.2) is 54.1 Å². The molecule has 1 aromatic rings. The van der Waals surface area contributed by atoms with Gasteiger partial charge >= 0.3 is 5.97 Å². The fraction of sp³-hybridized carbons (Fsp3) is 0.545. The Kier molecular flexibility index (Phi) is 6.32. The molecule has 0 radical (unpaired) electrons. The molecule has 0 aliphatic carbocycles. The molecule has 0 bridgehead atoms. The van der Waals surface area contributed by atoms with Gasteiger partial charge in [0.05, 0.1) is 24.8 Å². The number of carbonyl (C=O) groups is 1. The second-order valence-corrected chi connectivity index (χ2v) is 8.57. The molecule has 2 saturated heterocycles. The lowest BCUT2D eigenvalue weighted by Gasteiger charge is -2.36. The molecule has 2 N–H and O–H groups in total. The van der Waals surface area contributed by atoms with Crippen LogP contribution in [0.25, 0.3) is 0 Å². The smallest absolute Gasteiger partial charge is 0.337 e. The highest BCUT2D eigenvalue weighted by Crippen LogP contribution is 2.41. The highest BCUT2D eigenvalue weighted by atomic mass is 32.1. The van der Waals surface area contributed by atoms with E-state index in [2.05, 4.69) is 10.6 Å². The summed E-state index contributed by atoms with van der Waals surface area (Å²) in [6.45, 7) is 7.86. The molecule has 4 rings (SSSR count). The van der Waals surface area contributed by atoms with Crippen molar-refractivity contribution in [3.8, 4) is 0 Å². The van der Waals surface area contributed by atoms with Crippen molar-refractivity contribution in [1.82, 2.24) is 10.6 Å². The first kappa shape index (κ1) is 22.2. The van der Waals surface area contributed by atoms with Crippen LogP contribution in [0.2, 0.25) is 0 Å². The lowest BCUT2D eigenvalue weighted by atomic mass is 9.93. The van der Waals surface area contributed by atoms with E-state index in [0.29, 0.717) is 23.0 Å². The number of benzene rings is 1. The molecule has 5 atom stereocenters. The van der Waals surface area contributed by atoms with Crippen LogP contribution in [0, 0.1) is 0 Å². The van der Waals surface area contributed by atoms with Crippen molar-refractivity contribution in [2.24, 2.45) is 0 Å². The van der Waals surface area contributed by atoms with Crippen molar-refractivity contribution in [2.45, 2.75) is 70.7 Å². The Morgan fingerprint density at radius 3 is 2.65 bits per heavy atom. The van der Waals surface area contributed by atoms with E-state index in [1.165, 1.54) is 0 Å². The Bertz CT molecular complexity index is 874. The van der Waals surface area contributed by atoms with Gasteiger partial charge in [0.25, 0.3) is 0 Å². The van der Waals surface area contributed by atoms with Crippen LogP contribution in [0.5, 0.6) is 0 Å². The molecule has 3 aliphatic heterocycles. The average molecular weight is 449 g/mol. The highest BCUT2D eigenvalue weighted by Gasteiger charge is 2.58. The van der Waals surface area contributed by atoms with E-state index in [9.17, 15) is 4.79 Å². The van der Waals surface area contributed by atoms with Gasteiger partial charge in [0.2, 0.25) is 0 Å². The second kappa shape index (κ2) is 8.84. The summed E-state index contributed by atoms with van der Waals surface area (Å²) < 4.78 is 29.9. The molecule has 0 saturated carbocycles. The number of thiocarbonyl (C=S) groups is 1. The molecule has 2 fully saturated rings. The molecule has 31 heavy (non-hydrogen) atoms. The lowest BCUT2D eigenvalue weighted by molar-refractivity contribution is -0.221. The van der Waals surface area contributed by atoms with Gasteiger partial charge in [0, 0.05) is 5.70 Å². The standard InChI is InChI=1S/C22H28N2O6S/c1-5-26-19(25)14-12(2)23-21(31)24-15(14)16-17(27-11-13-9-7-6-8-10-13)18-20(28-16)30-22(3,4)29-18/h6-10,15-18,20H,5,11H2,1-4H3,(H2,23,24,31)/t15-,16-,17-,18-,20-/m1/s1. The Hall–Kier alpha value is -2.04. The molecular formula is C22H28N2O6S. The summed E-state index contributed by atoms with van der Waals surface area (Å²) in [4.78, 5) is 12.8. The van der Waals surface area contributed by atoms with Crippen molar-refractivity contribution in [2.75, 3.05) is 6.61 Å². The molecule has 3 aliphatic rings. The Labute approximate surface area is 187 Å². The van der Waals surface area contributed by atoms with Crippen molar-refractivity contribution < 1.29 is 28.5 Å². The maximum Gasteiger partial charge on any atom is 0.337 e. The first-order valence-electron chi connectivity index (χ1n) is 10.4. The lowest BCUT2D eigenvalue weighted by Crippen LogP contribution is -2.58. The minimum absolute atomic E-state index is 0.262. The second-order valence-electron chi connectivity index (χ2n) is 8.17. The fourth-order valence-corrected chi connectivity index (χ4v) is 4.46. The van der Waals surface area contributed by atoms with Gasteiger partial charge < -0.3 is 34.3 Å². The zero-order valence-electron chi connectivity index (χ0n) is 18.0. The number of esters is 1. The number of rotatable bonds is 6. The highest BCUT2D eigenvalue weighted by molar-refractivity contribution is 7.80. The van der Waals surface area contributed by atoms with Crippen LogP contribution >= 0.6 is 12.2 Å². The fourth-order valence-electron chi connectivity index (χ4n) is 4.18. The number of hydrogen-bond acceptors (Lipinski definition) is 7. The third kappa shape index (κ3) is 4.61. The average Bonchev–Trinajstić information content (AvgIpc) is 3.18. The van der Waals surface area contributed by atoms with Crippen LogP contribution < -0.4 is 10.6 Å². The zero-order valence-corrected chi connectivity index (χ0v) is 18.9. The Morgan fingerprint density at radius 1 is 1.19 bits per heavy atom. The molecule has 0 amide bonds. The van der Waals surface area contributed by atoms with Gasteiger partial charge in [-0.05, 0) is 45.5 Å². The van der Waals surface area contributed by atoms with Crippen molar-refractivity contribution in [3.63, 3.8) is 0 Å². The molecular weight excluding hydrogens is 420 g/mol. The molecule has 9 heteroatoms. The summed E-state index contributed by atoms with van der Waals surface area (Å²) in [5.41, 5.74) is 2.07.